The Hall–Kier alpha value is -0.630. The van der Waals surface area contributed by atoms with Gasteiger partial charge in [0.15, 0.2) is 0 Å². The van der Waals surface area contributed by atoms with Crippen LogP contribution in [0.5, 0.6) is 0 Å². The molecule has 2 saturated heterocycles. The fourth-order valence-electron chi connectivity index (χ4n) is 3.41. The lowest BCUT2D eigenvalue weighted by Gasteiger charge is -2.40. The highest BCUT2D eigenvalue weighted by Gasteiger charge is 2.26. The van der Waals surface area contributed by atoms with Crippen molar-refractivity contribution in [1.82, 2.24) is 15.1 Å². The van der Waals surface area contributed by atoms with Gasteiger partial charge in [0.05, 0.1) is 6.07 Å². The molecule has 0 amide bonds. The molecule has 19 heavy (non-hydrogen) atoms. The van der Waals surface area contributed by atoms with Gasteiger partial charge in [0.2, 0.25) is 0 Å². The molecule has 2 aliphatic heterocycles. The zero-order valence-corrected chi connectivity index (χ0v) is 12.3. The maximum Gasteiger partial charge on any atom is 0.108 e. The summed E-state index contributed by atoms with van der Waals surface area (Å²) >= 11 is 0. The molecule has 0 saturated carbocycles. The van der Waals surface area contributed by atoms with Crippen LogP contribution in [-0.4, -0.2) is 61.2 Å². The summed E-state index contributed by atoms with van der Waals surface area (Å²) in [5, 5.41) is 12.3. The average molecular weight is 264 g/mol. The monoisotopic (exact) mass is 264 g/mol. The Kier molecular flexibility index (Phi) is 6.09. The third-order valence-electron chi connectivity index (χ3n) is 4.51. The quantitative estimate of drug-likeness (QED) is 0.816. The molecule has 2 heterocycles. The number of hydrogen-bond acceptors (Lipinski definition) is 4. The molecule has 2 aliphatic rings. The molecular weight excluding hydrogens is 236 g/mol. The van der Waals surface area contributed by atoms with E-state index in [9.17, 15) is 0 Å². The minimum Gasteiger partial charge on any atom is -0.301 e. The number of nitrogens with one attached hydrogen (secondary N) is 1. The maximum absolute atomic E-state index is 9.10. The smallest absolute Gasteiger partial charge is 0.108 e. The van der Waals surface area contributed by atoms with Crippen LogP contribution >= 0.6 is 0 Å². The van der Waals surface area contributed by atoms with E-state index in [0.29, 0.717) is 0 Å². The van der Waals surface area contributed by atoms with Crippen LogP contribution in [-0.2, 0) is 0 Å². The number of likely N-dealkylation sites (N-methyl/N-ethyl adjacent to an activating group) is 1. The summed E-state index contributed by atoms with van der Waals surface area (Å²) in [6, 6.07) is 3.16. The second kappa shape index (κ2) is 7.84. The van der Waals surface area contributed by atoms with Crippen molar-refractivity contribution in [3.05, 3.63) is 0 Å². The third kappa shape index (κ3) is 4.45. The van der Waals surface area contributed by atoms with Crippen LogP contribution in [0.25, 0.3) is 0 Å². The van der Waals surface area contributed by atoms with Crippen molar-refractivity contribution in [2.45, 2.75) is 51.1 Å². The van der Waals surface area contributed by atoms with E-state index < -0.39 is 0 Å². The first-order chi connectivity index (χ1) is 9.33. The van der Waals surface area contributed by atoms with E-state index in [1.165, 1.54) is 45.2 Å². The SMILES string of the molecule is CCNC(C#N)CN1CCC(N2CCCCC2)CC1. The molecule has 0 radical (unpaired) electrons. The molecule has 108 valence electrons. The van der Waals surface area contributed by atoms with Gasteiger partial charge >= 0.3 is 0 Å². The Morgan fingerprint density at radius 3 is 2.42 bits per heavy atom. The zero-order valence-electron chi connectivity index (χ0n) is 12.3. The predicted molar refractivity (Wildman–Crippen MR) is 78.0 cm³/mol. The maximum atomic E-state index is 9.10. The first-order valence-corrected chi connectivity index (χ1v) is 7.93. The van der Waals surface area contributed by atoms with E-state index in [4.69, 9.17) is 5.26 Å². The van der Waals surface area contributed by atoms with Crippen molar-refractivity contribution in [3.8, 4) is 6.07 Å². The van der Waals surface area contributed by atoms with E-state index in [2.05, 4.69) is 28.1 Å². The Balaban J connectivity index is 1.71. The first kappa shape index (κ1) is 14.8. The van der Waals surface area contributed by atoms with Crippen LogP contribution in [0.4, 0.5) is 0 Å². The lowest BCUT2D eigenvalue weighted by Crippen LogP contribution is -2.49. The summed E-state index contributed by atoms with van der Waals surface area (Å²) in [5.74, 6) is 0. The summed E-state index contributed by atoms with van der Waals surface area (Å²) in [5.41, 5.74) is 0. The first-order valence-electron chi connectivity index (χ1n) is 7.93. The standard InChI is InChI=1S/C15H28N4/c1-2-17-14(12-16)13-18-10-6-15(7-11-18)19-8-4-3-5-9-19/h14-15,17H,2-11,13H2,1H3. The predicted octanol–water partition coefficient (Wildman–Crippen LogP) is 1.44. The molecule has 0 aromatic heterocycles. The molecule has 0 aliphatic carbocycles. The second-order valence-electron chi connectivity index (χ2n) is 5.87. The van der Waals surface area contributed by atoms with E-state index in [1.54, 1.807) is 0 Å². The number of nitriles is 1. The van der Waals surface area contributed by atoms with Crippen molar-refractivity contribution in [3.63, 3.8) is 0 Å². The van der Waals surface area contributed by atoms with Gasteiger partial charge in [-0.1, -0.05) is 13.3 Å². The van der Waals surface area contributed by atoms with Crippen molar-refractivity contribution >= 4 is 0 Å². The molecule has 0 aromatic carbocycles. The van der Waals surface area contributed by atoms with Gasteiger partial charge in [-0.05, 0) is 58.4 Å². The molecule has 4 nitrogen and oxygen atoms in total. The molecule has 0 aromatic rings. The number of hydrogen-bond donors (Lipinski definition) is 1. The molecule has 1 unspecified atom stereocenters. The molecule has 2 rings (SSSR count). The topological polar surface area (TPSA) is 42.3 Å². The number of rotatable bonds is 5. The molecule has 2 fully saturated rings. The number of piperidine rings is 2. The summed E-state index contributed by atoms with van der Waals surface area (Å²) in [7, 11) is 0. The van der Waals surface area contributed by atoms with Crippen LogP contribution in [0.3, 0.4) is 0 Å². The average Bonchev–Trinajstić information content (AvgIpc) is 2.48. The molecule has 1 atom stereocenters. The summed E-state index contributed by atoms with van der Waals surface area (Å²) in [6.45, 7) is 8.76. The van der Waals surface area contributed by atoms with Gasteiger partial charge in [0.1, 0.15) is 6.04 Å². The van der Waals surface area contributed by atoms with Crippen molar-refractivity contribution in [1.29, 1.82) is 5.26 Å². The minimum absolute atomic E-state index is 0.00321. The minimum atomic E-state index is -0.00321. The van der Waals surface area contributed by atoms with Gasteiger partial charge in [0, 0.05) is 12.6 Å². The van der Waals surface area contributed by atoms with Gasteiger partial charge in [-0.15, -0.1) is 0 Å². The van der Waals surface area contributed by atoms with Gasteiger partial charge in [-0.3, -0.25) is 0 Å². The molecule has 1 N–H and O–H groups in total. The van der Waals surface area contributed by atoms with Crippen LogP contribution < -0.4 is 5.32 Å². The van der Waals surface area contributed by atoms with E-state index in [-0.39, 0.29) is 6.04 Å². The van der Waals surface area contributed by atoms with E-state index >= 15 is 0 Å². The van der Waals surface area contributed by atoms with Crippen LogP contribution in [0, 0.1) is 11.3 Å². The number of likely N-dealkylation sites (tertiary alicyclic amines) is 2. The Labute approximate surface area is 117 Å². The van der Waals surface area contributed by atoms with Crippen LogP contribution in [0.1, 0.15) is 39.0 Å². The van der Waals surface area contributed by atoms with Gasteiger partial charge in [0.25, 0.3) is 0 Å². The summed E-state index contributed by atoms with van der Waals surface area (Å²) in [6.07, 6.45) is 6.75. The summed E-state index contributed by atoms with van der Waals surface area (Å²) in [4.78, 5) is 5.16. The van der Waals surface area contributed by atoms with E-state index in [1.807, 2.05) is 0 Å². The van der Waals surface area contributed by atoms with Crippen molar-refractivity contribution < 1.29 is 0 Å². The molecule has 4 heteroatoms. The highest BCUT2D eigenvalue weighted by molar-refractivity contribution is 4.93. The van der Waals surface area contributed by atoms with Crippen LogP contribution in [0.2, 0.25) is 0 Å². The summed E-state index contributed by atoms with van der Waals surface area (Å²) < 4.78 is 0. The largest absolute Gasteiger partial charge is 0.301 e. The van der Waals surface area contributed by atoms with Crippen molar-refractivity contribution in [2.75, 3.05) is 39.3 Å². The Bertz CT molecular complexity index is 285. The third-order valence-corrected chi connectivity index (χ3v) is 4.51. The lowest BCUT2D eigenvalue weighted by molar-refractivity contribution is 0.0906. The highest BCUT2D eigenvalue weighted by Crippen LogP contribution is 2.20. The zero-order chi connectivity index (χ0) is 13.5. The van der Waals surface area contributed by atoms with Gasteiger partial charge < -0.3 is 15.1 Å². The van der Waals surface area contributed by atoms with Gasteiger partial charge in [-0.2, -0.15) is 5.26 Å². The molecule has 0 bridgehead atoms. The fraction of sp³-hybridized carbons (Fsp3) is 0.933. The normalized spacial score (nSPS) is 25.1. The van der Waals surface area contributed by atoms with Crippen LogP contribution in [0.15, 0.2) is 0 Å². The van der Waals surface area contributed by atoms with Crippen molar-refractivity contribution in [2.24, 2.45) is 0 Å². The Morgan fingerprint density at radius 2 is 1.84 bits per heavy atom. The Morgan fingerprint density at radius 1 is 1.16 bits per heavy atom. The van der Waals surface area contributed by atoms with Gasteiger partial charge in [-0.25, -0.2) is 0 Å². The number of nitrogens with zero attached hydrogens (tertiary/aromatic N) is 3. The molecule has 0 spiro atoms. The second-order valence-corrected chi connectivity index (χ2v) is 5.87. The molecular formula is C15H28N4. The highest BCUT2D eigenvalue weighted by atomic mass is 15.2. The fourth-order valence-corrected chi connectivity index (χ4v) is 3.41. The lowest BCUT2D eigenvalue weighted by atomic mass is 9.99. The van der Waals surface area contributed by atoms with E-state index in [0.717, 1.165) is 32.2 Å².